The van der Waals surface area contributed by atoms with Crippen molar-refractivity contribution in [2.45, 2.75) is 18.6 Å². The number of anilines is 1. The van der Waals surface area contributed by atoms with Gasteiger partial charge in [-0.15, -0.1) is 11.3 Å². The zero-order valence-electron chi connectivity index (χ0n) is 11.2. The first-order valence-electron chi connectivity index (χ1n) is 6.48. The van der Waals surface area contributed by atoms with E-state index in [1.165, 1.54) is 0 Å². The minimum atomic E-state index is -4.36. The number of alkyl halides is 3. The summed E-state index contributed by atoms with van der Waals surface area (Å²) in [5.41, 5.74) is 1.45. The van der Waals surface area contributed by atoms with Gasteiger partial charge in [0.25, 0.3) is 0 Å². The number of ether oxygens (including phenoxy) is 1. The molecule has 0 radical (unpaired) electrons. The largest absolute Gasteiger partial charge is 0.447 e. The van der Waals surface area contributed by atoms with Gasteiger partial charge in [-0.1, -0.05) is 30.3 Å². The van der Waals surface area contributed by atoms with E-state index in [9.17, 15) is 18.0 Å². The van der Waals surface area contributed by atoms with Crippen LogP contribution in [0.1, 0.15) is 6.42 Å². The molecule has 2 aromatic rings. The molecule has 1 aromatic carbocycles. The summed E-state index contributed by atoms with van der Waals surface area (Å²) in [6.45, 7) is -0.279. The molecular weight excluding hydrogens is 317 g/mol. The Morgan fingerprint density at radius 3 is 2.73 bits per heavy atom. The Kier molecular flexibility index (Phi) is 3.78. The summed E-state index contributed by atoms with van der Waals surface area (Å²) in [5.74, 6) is 0. The highest BCUT2D eigenvalue weighted by Gasteiger charge is 2.43. The van der Waals surface area contributed by atoms with Gasteiger partial charge in [0.2, 0.25) is 0 Å². The molecule has 0 spiro atoms. The van der Waals surface area contributed by atoms with Gasteiger partial charge in [-0.3, -0.25) is 0 Å². The number of benzene rings is 1. The lowest BCUT2D eigenvalue weighted by Crippen LogP contribution is -2.36. The quantitative estimate of drug-likeness (QED) is 0.852. The van der Waals surface area contributed by atoms with Gasteiger partial charge in [-0.25, -0.2) is 14.7 Å². The molecule has 8 heteroatoms. The lowest BCUT2D eigenvalue weighted by Gasteiger charge is -2.19. The minimum Gasteiger partial charge on any atom is -0.447 e. The third-order valence-corrected chi connectivity index (χ3v) is 4.04. The smallest absolute Gasteiger partial charge is 0.416 e. The molecule has 1 aliphatic rings. The molecule has 1 atom stereocenters. The van der Waals surface area contributed by atoms with Crippen molar-refractivity contribution in [1.82, 2.24) is 4.98 Å². The van der Waals surface area contributed by atoms with Crippen LogP contribution in [0.3, 0.4) is 0 Å². The van der Waals surface area contributed by atoms with E-state index in [1.807, 2.05) is 30.3 Å². The monoisotopic (exact) mass is 328 g/mol. The molecule has 1 aliphatic heterocycles. The van der Waals surface area contributed by atoms with Crippen LogP contribution in [-0.4, -0.2) is 29.9 Å². The maximum atomic E-state index is 12.6. The summed E-state index contributed by atoms with van der Waals surface area (Å²) in [6, 6.07) is 8.15. The highest BCUT2D eigenvalue weighted by Crippen LogP contribution is 2.34. The number of carbonyl (C=O) groups excluding carboxylic acids is 1. The van der Waals surface area contributed by atoms with Crippen LogP contribution in [0.2, 0.25) is 0 Å². The topological polar surface area (TPSA) is 42.4 Å². The summed E-state index contributed by atoms with van der Waals surface area (Å²) in [4.78, 5) is 17.0. The number of nitrogens with zero attached hydrogens (tertiary/aromatic N) is 2. The van der Waals surface area contributed by atoms with Crippen LogP contribution in [-0.2, 0) is 4.74 Å². The number of halogens is 3. The van der Waals surface area contributed by atoms with Crippen LogP contribution in [0.4, 0.5) is 23.1 Å². The Balaban J connectivity index is 1.86. The fourth-order valence-corrected chi connectivity index (χ4v) is 3.12. The molecule has 3 rings (SSSR count). The van der Waals surface area contributed by atoms with Crippen LogP contribution < -0.4 is 4.90 Å². The van der Waals surface area contributed by atoms with Crippen LogP contribution in [0.25, 0.3) is 11.3 Å². The second kappa shape index (κ2) is 5.60. The first-order valence-corrected chi connectivity index (χ1v) is 7.36. The van der Waals surface area contributed by atoms with Crippen LogP contribution >= 0.6 is 11.3 Å². The van der Waals surface area contributed by atoms with Crippen molar-refractivity contribution in [1.29, 1.82) is 0 Å². The van der Waals surface area contributed by atoms with Crippen LogP contribution in [0, 0.1) is 0 Å². The second-order valence-corrected chi connectivity index (χ2v) is 5.64. The number of cyclic esters (lactones) is 1. The Morgan fingerprint density at radius 1 is 1.32 bits per heavy atom. The average molecular weight is 328 g/mol. The molecule has 1 amide bonds. The van der Waals surface area contributed by atoms with Gasteiger partial charge in [-0.2, -0.15) is 13.2 Å². The van der Waals surface area contributed by atoms with Crippen molar-refractivity contribution in [3.8, 4) is 11.3 Å². The highest BCUT2D eigenvalue weighted by atomic mass is 32.1. The van der Waals surface area contributed by atoms with Crippen molar-refractivity contribution in [2.75, 3.05) is 11.5 Å². The number of amides is 1. The van der Waals surface area contributed by atoms with Gasteiger partial charge >= 0.3 is 12.3 Å². The Labute approximate surface area is 128 Å². The number of rotatable bonds is 3. The van der Waals surface area contributed by atoms with Crippen LogP contribution in [0.15, 0.2) is 35.7 Å². The third kappa shape index (κ3) is 3.06. The van der Waals surface area contributed by atoms with E-state index in [0.29, 0.717) is 5.69 Å². The number of aromatic nitrogens is 1. The predicted molar refractivity (Wildman–Crippen MR) is 75.8 cm³/mol. The molecule has 1 fully saturated rings. The average Bonchev–Trinajstić information content (AvgIpc) is 3.05. The number of carbonyl (C=O) groups is 1. The van der Waals surface area contributed by atoms with Crippen molar-refractivity contribution in [3.05, 3.63) is 35.7 Å². The first kappa shape index (κ1) is 14.8. The van der Waals surface area contributed by atoms with Gasteiger partial charge in [0.05, 0.1) is 18.2 Å². The maximum absolute atomic E-state index is 12.6. The molecular formula is C14H11F3N2O2S. The van der Waals surface area contributed by atoms with Crippen molar-refractivity contribution < 1.29 is 22.7 Å². The Bertz CT molecular complexity index is 672. The normalized spacial score (nSPS) is 18.6. The fourth-order valence-electron chi connectivity index (χ4n) is 2.23. The van der Waals surface area contributed by atoms with Crippen molar-refractivity contribution >= 4 is 22.6 Å². The molecule has 0 saturated carbocycles. The standard InChI is InChI=1S/C14H11F3N2O2S/c15-14(16,17)6-10-7-21-13(20)19(10)12-18-11(8-22-12)9-4-2-1-3-5-9/h1-5,8,10H,6-7H2/t10-/m1/s1. The summed E-state index contributed by atoms with van der Waals surface area (Å²) in [5, 5.41) is 1.93. The van der Waals surface area contributed by atoms with Crippen molar-refractivity contribution in [3.63, 3.8) is 0 Å². The van der Waals surface area contributed by atoms with E-state index in [1.54, 1.807) is 5.38 Å². The molecule has 0 bridgehead atoms. The van der Waals surface area contributed by atoms with E-state index in [2.05, 4.69) is 4.98 Å². The number of hydrogen-bond acceptors (Lipinski definition) is 4. The van der Waals surface area contributed by atoms with E-state index < -0.39 is 24.7 Å². The maximum Gasteiger partial charge on any atom is 0.416 e. The summed E-state index contributed by atoms with van der Waals surface area (Å²) < 4.78 is 42.5. The van der Waals surface area contributed by atoms with Gasteiger partial charge in [-0.05, 0) is 0 Å². The molecule has 4 nitrogen and oxygen atoms in total. The number of thiazole rings is 1. The first-order chi connectivity index (χ1) is 10.4. The zero-order chi connectivity index (χ0) is 15.7. The molecule has 0 N–H and O–H groups in total. The molecule has 1 aromatic heterocycles. The summed E-state index contributed by atoms with van der Waals surface area (Å²) >= 11 is 1.12. The predicted octanol–water partition coefficient (Wildman–Crippen LogP) is 4.09. The Morgan fingerprint density at radius 2 is 2.05 bits per heavy atom. The van der Waals surface area contributed by atoms with E-state index in [-0.39, 0.29) is 11.7 Å². The van der Waals surface area contributed by atoms with E-state index in [0.717, 1.165) is 21.8 Å². The lowest BCUT2D eigenvalue weighted by atomic mass is 10.2. The van der Waals surface area contributed by atoms with E-state index >= 15 is 0 Å². The molecule has 2 heterocycles. The highest BCUT2D eigenvalue weighted by molar-refractivity contribution is 7.14. The van der Waals surface area contributed by atoms with Gasteiger partial charge in [0, 0.05) is 10.9 Å². The molecule has 0 aliphatic carbocycles. The molecule has 116 valence electrons. The number of hydrogen-bond donors (Lipinski definition) is 0. The Hall–Kier alpha value is -2.09. The van der Waals surface area contributed by atoms with Gasteiger partial charge < -0.3 is 4.74 Å². The summed E-state index contributed by atoms with van der Waals surface area (Å²) in [7, 11) is 0. The van der Waals surface area contributed by atoms with Crippen LogP contribution in [0.5, 0.6) is 0 Å². The zero-order valence-corrected chi connectivity index (χ0v) is 12.0. The lowest BCUT2D eigenvalue weighted by molar-refractivity contribution is -0.138. The minimum absolute atomic E-state index is 0.218. The van der Waals surface area contributed by atoms with Gasteiger partial charge in [0.15, 0.2) is 5.13 Å². The van der Waals surface area contributed by atoms with E-state index in [4.69, 9.17) is 4.74 Å². The van der Waals surface area contributed by atoms with Crippen molar-refractivity contribution in [2.24, 2.45) is 0 Å². The summed E-state index contributed by atoms with van der Waals surface area (Å²) in [6.07, 6.45) is -6.27. The fraction of sp³-hybridized carbons (Fsp3) is 0.286. The second-order valence-electron chi connectivity index (χ2n) is 4.80. The molecule has 1 saturated heterocycles. The van der Waals surface area contributed by atoms with Gasteiger partial charge in [0.1, 0.15) is 6.61 Å². The third-order valence-electron chi connectivity index (χ3n) is 3.20. The SMILES string of the molecule is O=C1OC[C@@H](CC(F)(F)F)N1c1nc(-c2ccccc2)cs1. The molecule has 22 heavy (non-hydrogen) atoms. The molecule has 0 unspecified atom stereocenters.